The molecule has 0 aliphatic carbocycles. The van der Waals surface area contributed by atoms with Crippen molar-refractivity contribution in [1.82, 2.24) is 4.98 Å². The smallest absolute Gasteiger partial charge is 0.331 e. The Hall–Kier alpha value is -3.73. The average Bonchev–Trinajstić information content (AvgIpc) is 2.75. The maximum absolute atomic E-state index is 12.7. The lowest BCUT2D eigenvalue weighted by Crippen LogP contribution is -2.22. The first-order chi connectivity index (χ1) is 15.3. The molecule has 5 heteroatoms. The Bertz CT molecular complexity index is 1140. The van der Waals surface area contributed by atoms with E-state index in [1.165, 1.54) is 6.08 Å². The Balaban J connectivity index is 1.71. The highest BCUT2D eigenvalue weighted by molar-refractivity contribution is 6.00. The predicted octanol–water partition coefficient (Wildman–Crippen LogP) is 5.94. The van der Waals surface area contributed by atoms with Crippen molar-refractivity contribution in [3.63, 3.8) is 0 Å². The number of hydrogen-bond donors (Lipinski definition) is 1. The van der Waals surface area contributed by atoms with Gasteiger partial charge in [-0.3, -0.25) is 9.78 Å². The number of amides is 1. The topological polar surface area (TPSA) is 68.3 Å². The van der Waals surface area contributed by atoms with E-state index in [0.717, 1.165) is 22.0 Å². The molecule has 0 atom stereocenters. The van der Waals surface area contributed by atoms with Crippen molar-refractivity contribution >= 4 is 34.5 Å². The summed E-state index contributed by atoms with van der Waals surface area (Å²) in [6, 6.07) is 19.3. The lowest BCUT2D eigenvalue weighted by Gasteiger charge is -2.18. The molecule has 1 N–H and O–H groups in total. The van der Waals surface area contributed by atoms with Crippen LogP contribution in [0.2, 0.25) is 0 Å². The molecule has 3 rings (SSSR count). The van der Waals surface area contributed by atoms with Crippen molar-refractivity contribution in [3.8, 4) is 0 Å². The lowest BCUT2D eigenvalue weighted by molar-refractivity contribution is -0.148. The molecular weight excluding hydrogens is 400 g/mol. The number of fused-ring (bicyclic) bond motifs is 1. The summed E-state index contributed by atoms with van der Waals surface area (Å²) in [5.41, 5.74) is 2.74. The van der Waals surface area contributed by atoms with Gasteiger partial charge in [-0.2, -0.15) is 0 Å². The van der Waals surface area contributed by atoms with Crippen LogP contribution in [0.15, 0.2) is 84.6 Å². The van der Waals surface area contributed by atoms with Gasteiger partial charge < -0.3 is 10.1 Å². The predicted molar refractivity (Wildman–Crippen MR) is 129 cm³/mol. The highest BCUT2D eigenvalue weighted by Gasteiger charge is 2.14. The molecule has 0 unspecified atom stereocenters. The number of pyridine rings is 1. The molecule has 0 radical (unpaired) electrons. The van der Waals surface area contributed by atoms with Crippen molar-refractivity contribution in [3.05, 3.63) is 90.1 Å². The fraction of sp³-hybridized carbons (Fsp3) is 0.222. The van der Waals surface area contributed by atoms with E-state index in [1.807, 2.05) is 87.5 Å². The number of hydrogen-bond acceptors (Lipinski definition) is 4. The van der Waals surface area contributed by atoms with Crippen molar-refractivity contribution < 1.29 is 14.3 Å². The standard InChI is InChI=1S/C27H28N2O3/c1-27(2,3)32-25(31)17-15-21(19-20-9-5-4-6-10-20)14-16-24(30)29-23-13-7-11-22-12-8-18-28-26(22)23/h4-13,15,17-19H,14,16H2,1-3H3,(H,29,30)/b17-15+,21-19+. The van der Waals surface area contributed by atoms with Crippen molar-refractivity contribution in [2.75, 3.05) is 5.32 Å². The van der Waals surface area contributed by atoms with Crippen LogP contribution in [0.25, 0.3) is 17.0 Å². The van der Waals surface area contributed by atoms with Crippen molar-refractivity contribution in [1.29, 1.82) is 0 Å². The van der Waals surface area contributed by atoms with Gasteiger partial charge in [0.15, 0.2) is 0 Å². The SMILES string of the molecule is CC(C)(C)OC(=O)/C=C/C(=C/c1ccccc1)CCC(=O)Nc1cccc2cccnc12. The molecule has 0 aliphatic rings. The number of carbonyl (C=O) groups excluding carboxylic acids is 2. The summed E-state index contributed by atoms with van der Waals surface area (Å²) in [7, 11) is 0. The summed E-state index contributed by atoms with van der Waals surface area (Å²) in [5, 5.41) is 3.92. The maximum atomic E-state index is 12.7. The number of carbonyl (C=O) groups is 2. The lowest BCUT2D eigenvalue weighted by atomic mass is 10.0. The molecule has 0 aliphatic heterocycles. The second-order valence-electron chi connectivity index (χ2n) is 8.43. The molecule has 164 valence electrons. The Morgan fingerprint density at radius 2 is 1.69 bits per heavy atom. The summed E-state index contributed by atoms with van der Waals surface area (Å²) in [6.07, 6.45) is 7.53. The summed E-state index contributed by atoms with van der Waals surface area (Å²) >= 11 is 0. The zero-order valence-corrected chi connectivity index (χ0v) is 18.7. The second-order valence-corrected chi connectivity index (χ2v) is 8.43. The Labute approximate surface area is 188 Å². The van der Waals surface area contributed by atoms with Gasteiger partial charge in [0.05, 0.1) is 11.2 Å². The quantitative estimate of drug-likeness (QED) is 0.287. The van der Waals surface area contributed by atoms with Crippen LogP contribution in [0, 0.1) is 0 Å². The Morgan fingerprint density at radius 3 is 2.44 bits per heavy atom. The first-order valence-electron chi connectivity index (χ1n) is 10.6. The fourth-order valence-corrected chi connectivity index (χ4v) is 3.15. The van der Waals surface area contributed by atoms with Crippen LogP contribution in [0.1, 0.15) is 39.2 Å². The average molecular weight is 429 g/mol. The normalized spacial score (nSPS) is 12.2. The largest absolute Gasteiger partial charge is 0.457 e. The van der Waals surface area contributed by atoms with E-state index in [9.17, 15) is 9.59 Å². The Kier molecular flexibility index (Phi) is 7.55. The molecule has 0 bridgehead atoms. The van der Waals surface area contributed by atoms with E-state index >= 15 is 0 Å². The minimum absolute atomic E-state index is 0.118. The molecular formula is C27H28N2O3. The number of esters is 1. The van der Waals surface area contributed by atoms with Crippen LogP contribution in [0.4, 0.5) is 5.69 Å². The fourth-order valence-electron chi connectivity index (χ4n) is 3.15. The number of nitrogens with one attached hydrogen (secondary N) is 1. The summed E-state index contributed by atoms with van der Waals surface area (Å²) in [4.78, 5) is 29.1. The number of para-hydroxylation sites is 1. The molecule has 1 amide bonds. The van der Waals surface area contributed by atoms with Crippen LogP contribution < -0.4 is 5.32 Å². The molecule has 5 nitrogen and oxygen atoms in total. The van der Waals surface area contributed by atoms with Gasteiger partial charge in [0.1, 0.15) is 5.60 Å². The molecule has 32 heavy (non-hydrogen) atoms. The Morgan fingerprint density at radius 1 is 0.938 bits per heavy atom. The van der Waals surface area contributed by atoms with E-state index in [0.29, 0.717) is 12.1 Å². The highest BCUT2D eigenvalue weighted by atomic mass is 16.6. The first-order valence-corrected chi connectivity index (χ1v) is 10.6. The summed E-state index contributed by atoms with van der Waals surface area (Å²) in [5.74, 6) is -0.532. The number of benzene rings is 2. The van der Waals surface area contributed by atoms with Crippen molar-refractivity contribution in [2.24, 2.45) is 0 Å². The second kappa shape index (κ2) is 10.5. The van der Waals surface area contributed by atoms with Crippen LogP contribution >= 0.6 is 0 Å². The molecule has 0 fully saturated rings. The molecule has 0 spiro atoms. The molecule has 2 aromatic carbocycles. The van der Waals surface area contributed by atoms with Gasteiger partial charge in [-0.05, 0) is 50.5 Å². The number of aromatic nitrogens is 1. The highest BCUT2D eigenvalue weighted by Crippen LogP contribution is 2.21. The zero-order valence-electron chi connectivity index (χ0n) is 18.7. The zero-order chi connectivity index (χ0) is 23.0. The van der Waals surface area contributed by atoms with Gasteiger partial charge in [0, 0.05) is 24.1 Å². The molecule has 1 heterocycles. The van der Waals surface area contributed by atoms with Gasteiger partial charge >= 0.3 is 5.97 Å². The maximum Gasteiger partial charge on any atom is 0.331 e. The first kappa shape index (κ1) is 22.9. The minimum Gasteiger partial charge on any atom is -0.457 e. The van der Waals surface area contributed by atoms with E-state index in [2.05, 4.69) is 10.3 Å². The van der Waals surface area contributed by atoms with E-state index in [1.54, 1.807) is 12.3 Å². The van der Waals surface area contributed by atoms with Crippen LogP contribution in [-0.4, -0.2) is 22.5 Å². The third-order valence-corrected chi connectivity index (χ3v) is 4.54. The third kappa shape index (κ3) is 7.20. The number of ether oxygens (including phenoxy) is 1. The van der Waals surface area contributed by atoms with Crippen LogP contribution in [0.3, 0.4) is 0 Å². The van der Waals surface area contributed by atoms with Gasteiger partial charge in [-0.1, -0.05) is 60.7 Å². The monoisotopic (exact) mass is 428 g/mol. The molecule has 0 saturated heterocycles. The van der Waals surface area contributed by atoms with Gasteiger partial charge in [-0.15, -0.1) is 0 Å². The summed E-state index contributed by atoms with van der Waals surface area (Å²) < 4.78 is 5.34. The van der Waals surface area contributed by atoms with Crippen LogP contribution in [0.5, 0.6) is 0 Å². The number of anilines is 1. The van der Waals surface area contributed by atoms with Crippen molar-refractivity contribution in [2.45, 2.75) is 39.2 Å². The molecule has 1 aromatic heterocycles. The van der Waals surface area contributed by atoms with Crippen LogP contribution in [-0.2, 0) is 14.3 Å². The summed E-state index contributed by atoms with van der Waals surface area (Å²) in [6.45, 7) is 5.48. The van der Waals surface area contributed by atoms with E-state index in [-0.39, 0.29) is 12.3 Å². The molecule has 0 saturated carbocycles. The number of allylic oxidation sites excluding steroid dienone is 2. The number of rotatable bonds is 7. The van der Waals surface area contributed by atoms with Gasteiger partial charge in [0.2, 0.25) is 5.91 Å². The van der Waals surface area contributed by atoms with E-state index < -0.39 is 11.6 Å². The molecule has 3 aromatic rings. The minimum atomic E-state index is -0.558. The van der Waals surface area contributed by atoms with Gasteiger partial charge in [0.25, 0.3) is 0 Å². The van der Waals surface area contributed by atoms with E-state index in [4.69, 9.17) is 4.74 Å². The third-order valence-electron chi connectivity index (χ3n) is 4.54. The van der Waals surface area contributed by atoms with Gasteiger partial charge in [-0.25, -0.2) is 4.79 Å². The number of nitrogens with zero attached hydrogens (tertiary/aromatic N) is 1.